The number of nitrogens with two attached hydrogens (primary N) is 1. The molecule has 0 aromatic heterocycles. The first-order valence-electron chi connectivity index (χ1n) is 7.99. The second-order valence-corrected chi connectivity index (χ2v) is 5.60. The molecule has 0 fully saturated rings. The molecule has 0 amide bonds. The maximum atomic E-state index is 12.8. The summed E-state index contributed by atoms with van der Waals surface area (Å²) in [5.41, 5.74) is 8.51. The molecule has 2 N–H and O–H groups in total. The normalized spacial score (nSPS) is 10.5. The van der Waals surface area contributed by atoms with Crippen molar-refractivity contribution in [2.45, 2.75) is 20.3 Å². The van der Waals surface area contributed by atoms with E-state index < -0.39 is 0 Å². The number of carbonyl (C=O) groups is 1. The minimum atomic E-state index is -0.145. The third-order valence-electron chi connectivity index (χ3n) is 3.56. The van der Waals surface area contributed by atoms with Gasteiger partial charge in [0.2, 0.25) is 0 Å². The van der Waals surface area contributed by atoms with E-state index in [9.17, 15) is 4.79 Å². The molecule has 0 radical (unpaired) electrons. The van der Waals surface area contributed by atoms with E-state index in [0.29, 0.717) is 47.4 Å². The number of anilines is 1. The number of ketones is 1. The average molecular weight is 348 g/mol. The number of hydrogen-bond acceptors (Lipinski definition) is 4. The Kier molecular flexibility index (Phi) is 6.50. The summed E-state index contributed by atoms with van der Waals surface area (Å²) in [4.78, 5) is 12.8. The molecule has 0 atom stereocenters. The fourth-order valence-electron chi connectivity index (χ4n) is 2.40. The summed E-state index contributed by atoms with van der Waals surface area (Å²) in [6.45, 7) is 4.73. The first-order valence-corrected chi connectivity index (χ1v) is 8.52. The second kappa shape index (κ2) is 8.60. The van der Waals surface area contributed by atoms with Gasteiger partial charge in [0.25, 0.3) is 0 Å². The predicted molar refractivity (Wildman–Crippen MR) is 97.5 cm³/mol. The van der Waals surface area contributed by atoms with Gasteiger partial charge in [-0.05, 0) is 31.9 Å². The number of nitrogen functional groups attached to an aromatic ring is 1. The number of ether oxygens (including phenoxy) is 2. The summed E-state index contributed by atoms with van der Waals surface area (Å²) >= 11 is 5.73. The number of rotatable bonds is 8. The Balaban J connectivity index is 2.35. The van der Waals surface area contributed by atoms with Crippen molar-refractivity contribution in [2.24, 2.45) is 0 Å². The van der Waals surface area contributed by atoms with Crippen LogP contribution in [0.1, 0.15) is 35.3 Å². The minimum Gasteiger partial charge on any atom is -0.490 e. The highest BCUT2D eigenvalue weighted by molar-refractivity contribution is 6.18. The Morgan fingerprint density at radius 1 is 1.04 bits per heavy atom. The molecule has 0 unspecified atom stereocenters. The minimum absolute atomic E-state index is 0.145. The monoisotopic (exact) mass is 347 g/mol. The molecule has 5 heteroatoms. The van der Waals surface area contributed by atoms with Crippen LogP contribution in [0.15, 0.2) is 36.4 Å². The Hall–Kier alpha value is -2.20. The number of hydrogen-bond donors (Lipinski definition) is 1. The van der Waals surface area contributed by atoms with E-state index in [0.717, 1.165) is 12.0 Å². The first kappa shape index (κ1) is 18.1. The van der Waals surface area contributed by atoms with Crippen LogP contribution in [0.3, 0.4) is 0 Å². The van der Waals surface area contributed by atoms with Crippen molar-refractivity contribution in [3.05, 3.63) is 53.1 Å². The van der Waals surface area contributed by atoms with Gasteiger partial charge in [0.05, 0.1) is 13.2 Å². The molecule has 0 aliphatic carbocycles. The van der Waals surface area contributed by atoms with Gasteiger partial charge in [0, 0.05) is 28.8 Å². The molecule has 24 heavy (non-hydrogen) atoms. The number of aryl methyl sites for hydroxylation is 1. The summed E-state index contributed by atoms with van der Waals surface area (Å²) in [6.07, 6.45) is 0.774. The summed E-state index contributed by atoms with van der Waals surface area (Å²) in [5.74, 6) is 1.48. The van der Waals surface area contributed by atoms with Crippen molar-refractivity contribution in [3.8, 4) is 11.5 Å². The van der Waals surface area contributed by atoms with Gasteiger partial charge in [-0.15, -0.1) is 11.6 Å². The van der Waals surface area contributed by atoms with Crippen molar-refractivity contribution in [1.29, 1.82) is 0 Å². The van der Waals surface area contributed by atoms with Crippen LogP contribution in [0.4, 0.5) is 5.69 Å². The zero-order valence-corrected chi connectivity index (χ0v) is 14.7. The van der Waals surface area contributed by atoms with Gasteiger partial charge in [-0.3, -0.25) is 4.79 Å². The van der Waals surface area contributed by atoms with E-state index in [2.05, 4.69) is 0 Å². The molecular formula is C19H22ClNO3. The van der Waals surface area contributed by atoms with E-state index in [1.165, 1.54) is 0 Å². The Bertz CT molecular complexity index is 699. The van der Waals surface area contributed by atoms with Crippen LogP contribution >= 0.6 is 11.6 Å². The lowest BCUT2D eigenvalue weighted by Gasteiger charge is -2.14. The van der Waals surface area contributed by atoms with Crippen molar-refractivity contribution in [1.82, 2.24) is 0 Å². The van der Waals surface area contributed by atoms with Crippen LogP contribution in [0.25, 0.3) is 0 Å². The van der Waals surface area contributed by atoms with E-state index in [1.807, 2.05) is 26.0 Å². The lowest BCUT2D eigenvalue weighted by Crippen LogP contribution is -2.08. The van der Waals surface area contributed by atoms with Crippen LogP contribution < -0.4 is 15.2 Å². The lowest BCUT2D eigenvalue weighted by atomic mass is 9.99. The molecule has 0 aliphatic heterocycles. The number of halogens is 1. The van der Waals surface area contributed by atoms with E-state index in [-0.39, 0.29) is 5.78 Å². The molecule has 2 aromatic rings. The molecule has 4 nitrogen and oxygen atoms in total. The molecule has 128 valence electrons. The lowest BCUT2D eigenvalue weighted by molar-refractivity contribution is 0.103. The molecule has 0 saturated carbocycles. The fraction of sp³-hybridized carbons (Fsp3) is 0.316. The molecule has 2 rings (SSSR count). The second-order valence-electron chi connectivity index (χ2n) is 5.22. The zero-order chi connectivity index (χ0) is 17.5. The quantitative estimate of drug-likeness (QED) is 0.444. The highest BCUT2D eigenvalue weighted by Gasteiger charge is 2.17. The summed E-state index contributed by atoms with van der Waals surface area (Å²) < 4.78 is 11.1. The average Bonchev–Trinajstić information content (AvgIpc) is 2.58. The van der Waals surface area contributed by atoms with Gasteiger partial charge in [0.1, 0.15) is 0 Å². The molecule has 0 aliphatic rings. The van der Waals surface area contributed by atoms with Crippen LogP contribution in [0, 0.1) is 0 Å². The van der Waals surface area contributed by atoms with Gasteiger partial charge in [-0.2, -0.15) is 0 Å². The van der Waals surface area contributed by atoms with Crippen molar-refractivity contribution in [2.75, 3.05) is 24.8 Å². The molecule has 2 aromatic carbocycles. The molecule has 0 saturated heterocycles. The number of alkyl halides is 1. The summed E-state index contributed by atoms with van der Waals surface area (Å²) in [5, 5.41) is 0. The molecular weight excluding hydrogens is 326 g/mol. The Morgan fingerprint density at radius 2 is 1.62 bits per heavy atom. The van der Waals surface area contributed by atoms with Gasteiger partial charge >= 0.3 is 0 Å². The summed E-state index contributed by atoms with van der Waals surface area (Å²) in [6, 6.07) is 10.7. The van der Waals surface area contributed by atoms with E-state index >= 15 is 0 Å². The maximum absolute atomic E-state index is 12.8. The molecule has 0 heterocycles. The summed E-state index contributed by atoms with van der Waals surface area (Å²) in [7, 11) is 0. The van der Waals surface area contributed by atoms with Gasteiger partial charge in [-0.1, -0.05) is 24.3 Å². The fourth-order valence-corrected chi connectivity index (χ4v) is 2.61. The SMILES string of the molecule is CCOc1cc(N)c(C(=O)c2ccc(CCCl)cc2)cc1OCC. The molecule has 0 spiro atoms. The van der Waals surface area contributed by atoms with E-state index in [1.54, 1.807) is 24.3 Å². The third-order valence-corrected chi connectivity index (χ3v) is 3.75. The van der Waals surface area contributed by atoms with Crippen molar-refractivity contribution < 1.29 is 14.3 Å². The van der Waals surface area contributed by atoms with Crippen LogP contribution in [-0.4, -0.2) is 24.9 Å². The van der Waals surface area contributed by atoms with E-state index in [4.69, 9.17) is 26.8 Å². The van der Waals surface area contributed by atoms with Gasteiger partial charge in [0.15, 0.2) is 17.3 Å². The molecule has 0 bridgehead atoms. The largest absolute Gasteiger partial charge is 0.490 e. The van der Waals surface area contributed by atoms with Crippen molar-refractivity contribution >= 4 is 23.1 Å². The number of carbonyl (C=O) groups excluding carboxylic acids is 1. The van der Waals surface area contributed by atoms with Crippen LogP contribution in [-0.2, 0) is 6.42 Å². The van der Waals surface area contributed by atoms with Crippen LogP contribution in [0.2, 0.25) is 0 Å². The Morgan fingerprint density at radius 3 is 2.17 bits per heavy atom. The number of benzene rings is 2. The smallest absolute Gasteiger partial charge is 0.195 e. The predicted octanol–water partition coefficient (Wildman–Crippen LogP) is 4.08. The topological polar surface area (TPSA) is 61.5 Å². The van der Waals surface area contributed by atoms with Gasteiger partial charge in [-0.25, -0.2) is 0 Å². The van der Waals surface area contributed by atoms with Crippen molar-refractivity contribution in [3.63, 3.8) is 0 Å². The third kappa shape index (κ3) is 4.20. The highest BCUT2D eigenvalue weighted by Crippen LogP contribution is 2.33. The highest BCUT2D eigenvalue weighted by atomic mass is 35.5. The van der Waals surface area contributed by atoms with Gasteiger partial charge < -0.3 is 15.2 Å². The Labute approximate surface area is 147 Å². The first-order chi connectivity index (χ1) is 11.6. The maximum Gasteiger partial charge on any atom is 0.195 e. The zero-order valence-electron chi connectivity index (χ0n) is 14.0. The van der Waals surface area contributed by atoms with Crippen LogP contribution in [0.5, 0.6) is 11.5 Å². The standard InChI is InChI=1S/C19H22ClNO3/c1-3-23-17-11-15(16(21)12-18(17)24-4-2)19(22)14-7-5-13(6-8-14)9-10-20/h5-8,11-12H,3-4,9-10,21H2,1-2H3.